The molecule has 0 aliphatic carbocycles. The summed E-state index contributed by atoms with van der Waals surface area (Å²) in [7, 11) is 0. The van der Waals surface area contributed by atoms with E-state index in [1.54, 1.807) is 12.1 Å². The third kappa shape index (κ3) is 2.66. The Labute approximate surface area is 90.5 Å². The zero-order valence-corrected chi connectivity index (χ0v) is 9.32. The van der Waals surface area contributed by atoms with E-state index < -0.39 is 0 Å². The Bertz CT molecular complexity index is 384. The minimum atomic E-state index is -0.117. The summed E-state index contributed by atoms with van der Waals surface area (Å²) in [6.07, 6.45) is 0. The highest BCUT2D eigenvalue weighted by Crippen LogP contribution is 2.16. The van der Waals surface area contributed by atoms with E-state index in [2.05, 4.69) is 6.07 Å². The summed E-state index contributed by atoms with van der Waals surface area (Å²) in [6, 6.07) is 9.46. The molecule has 0 radical (unpaired) electrons. The largest absolute Gasteiger partial charge is 0.294 e. The van der Waals surface area contributed by atoms with Crippen molar-refractivity contribution >= 4 is 5.78 Å². The van der Waals surface area contributed by atoms with Crippen molar-refractivity contribution in [2.45, 2.75) is 26.7 Å². The van der Waals surface area contributed by atoms with Gasteiger partial charge in [-0.05, 0) is 12.5 Å². The fraction of sp³-hybridized carbons (Fsp3) is 0.385. The second kappa shape index (κ2) is 4.75. The molecule has 0 amide bonds. The van der Waals surface area contributed by atoms with Gasteiger partial charge in [0.1, 0.15) is 0 Å². The summed E-state index contributed by atoms with van der Waals surface area (Å²) in [6.45, 7) is 5.61. The van der Waals surface area contributed by atoms with Crippen molar-refractivity contribution < 1.29 is 4.79 Å². The first kappa shape index (κ1) is 11.5. The molecule has 0 N–H and O–H groups in total. The number of carbonyl (C=O) groups excluding carboxylic acids is 1. The number of ketones is 1. The highest BCUT2D eigenvalue weighted by atomic mass is 16.1. The molecule has 1 rings (SSSR count). The second-order valence-corrected chi connectivity index (χ2v) is 3.99. The number of nitriles is 1. The normalized spacial score (nSPS) is 12.2. The van der Waals surface area contributed by atoms with Crippen LogP contribution in [-0.2, 0) is 0 Å². The van der Waals surface area contributed by atoms with Crippen LogP contribution in [0.4, 0.5) is 0 Å². The molecule has 0 aliphatic rings. The summed E-state index contributed by atoms with van der Waals surface area (Å²) < 4.78 is 0. The summed E-state index contributed by atoms with van der Waals surface area (Å²) >= 11 is 0. The van der Waals surface area contributed by atoms with Gasteiger partial charge in [-0.1, -0.05) is 38.1 Å². The van der Waals surface area contributed by atoms with Gasteiger partial charge in [0.05, 0.1) is 12.0 Å². The van der Waals surface area contributed by atoms with Crippen LogP contribution in [0, 0.1) is 17.2 Å². The van der Waals surface area contributed by atoms with Crippen molar-refractivity contribution in [2.75, 3.05) is 0 Å². The minimum Gasteiger partial charge on any atom is -0.294 e. The monoisotopic (exact) mass is 201 g/mol. The molecule has 2 heteroatoms. The predicted octanol–water partition coefficient (Wildman–Crippen LogP) is 3.15. The molecule has 0 fully saturated rings. The summed E-state index contributed by atoms with van der Waals surface area (Å²) in [5, 5.41) is 8.74. The summed E-state index contributed by atoms with van der Waals surface area (Å²) in [5.41, 5.74) is 1.68. The first-order valence-electron chi connectivity index (χ1n) is 5.10. The van der Waals surface area contributed by atoms with Crippen molar-refractivity contribution in [3.8, 4) is 6.07 Å². The lowest BCUT2D eigenvalue weighted by Gasteiger charge is -2.06. The molecule has 1 unspecified atom stereocenters. The van der Waals surface area contributed by atoms with E-state index in [4.69, 9.17) is 5.26 Å². The fourth-order valence-corrected chi connectivity index (χ4v) is 1.34. The lowest BCUT2D eigenvalue weighted by molar-refractivity contribution is 0.0939. The van der Waals surface area contributed by atoms with Crippen LogP contribution in [0.3, 0.4) is 0 Å². The van der Waals surface area contributed by atoms with Crippen molar-refractivity contribution in [1.29, 1.82) is 5.26 Å². The van der Waals surface area contributed by atoms with Crippen LogP contribution in [-0.4, -0.2) is 5.78 Å². The SMILES string of the molecule is CC(C)C(=O)c1ccc(C(C)C#N)cc1. The molecule has 15 heavy (non-hydrogen) atoms. The number of hydrogen-bond donors (Lipinski definition) is 0. The van der Waals surface area contributed by atoms with E-state index in [0.717, 1.165) is 11.1 Å². The first-order chi connectivity index (χ1) is 7.06. The van der Waals surface area contributed by atoms with Crippen molar-refractivity contribution in [3.05, 3.63) is 35.4 Å². The molecule has 0 spiro atoms. The van der Waals surface area contributed by atoms with E-state index in [-0.39, 0.29) is 17.6 Å². The third-order valence-electron chi connectivity index (χ3n) is 2.41. The average molecular weight is 201 g/mol. The molecule has 1 atom stereocenters. The van der Waals surface area contributed by atoms with Gasteiger partial charge in [-0.25, -0.2) is 0 Å². The molecule has 0 saturated carbocycles. The third-order valence-corrected chi connectivity index (χ3v) is 2.41. The number of Topliss-reactive ketones (excluding diaryl/α,β-unsaturated/α-hetero) is 1. The fourth-order valence-electron chi connectivity index (χ4n) is 1.34. The first-order valence-corrected chi connectivity index (χ1v) is 5.10. The molecule has 2 nitrogen and oxygen atoms in total. The van der Waals surface area contributed by atoms with E-state index in [1.165, 1.54) is 0 Å². The standard InChI is InChI=1S/C13H15NO/c1-9(2)13(15)12-6-4-11(5-7-12)10(3)8-14/h4-7,9-10H,1-3H3. The van der Waals surface area contributed by atoms with Gasteiger partial charge >= 0.3 is 0 Å². The second-order valence-electron chi connectivity index (χ2n) is 3.99. The summed E-state index contributed by atoms with van der Waals surface area (Å²) in [4.78, 5) is 11.6. The molecule has 0 bridgehead atoms. The maximum absolute atomic E-state index is 11.6. The average Bonchev–Trinajstić information content (AvgIpc) is 2.27. The molecule has 0 aromatic heterocycles. The molecule has 0 heterocycles. The Balaban J connectivity index is 2.91. The lowest BCUT2D eigenvalue weighted by atomic mass is 9.97. The number of benzene rings is 1. The van der Waals surface area contributed by atoms with Crippen molar-refractivity contribution in [3.63, 3.8) is 0 Å². The summed E-state index contributed by atoms with van der Waals surface area (Å²) in [5.74, 6) is 0.0450. The molecular weight excluding hydrogens is 186 g/mol. The van der Waals surface area contributed by atoms with Crippen LogP contribution in [0.25, 0.3) is 0 Å². The van der Waals surface area contributed by atoms with Crippen LogP contribution in [0.5, 0.6) is 0 Å². The maximum atomic E-state index is 11.6. The topological polar surface area (TPSA) is 40.9 Å². The number of nitrogens with zero attached hydrogens (tertiary/aromatic N) is 1. The van der Waals surface area contributed by atoms with Crippen LogP contribution in [0.2, 0.25) is 0 Å². The molecular formula is C13H15NO. The molecule has 0 saturated heterocycles. The number of hydrogen-bond acceptors (Lipinski definition) is 2. The number of rotatable bonds is 3. The molecule has 0 aliphatic heterocycles. The van der Waals surface area contributed by atoms with E-state index in [1.807, 2.05) is 32.9 Å². The van der Waals surface area contributed by atoms with E-state index >= 15 is 0 Å². The van der Waals surface area contributed by atoms with Crippen LogP contribution in [0.1, 0.15) is 42.6 Å². The quantitative estimate of drug-likeness (QED) is 0.705. The van der Waals surface area contributed by atoms with Crippen molar-refractivity contribution in [2.24, 2.45) is 5.92 Å². The van der Waals surface area contributed by atoms with Gasteiger partial charge in [-0.3, -0.25) is 4.79 Å². The Morgan fingerprint density at radius 1 is 1.20 bits per heavy atom. The van der Waals surface area contributed by atoms with Gasteiger partial charge in [-0.2, -0.15) is 5.26 Å². The van der Waals surface area contributed by atoms with E-state index in [0.29, 0.717) is 0 Å². The maximum Gasteiger partial charge on any atom is 0.165 e. The smallest absolute Gasteiger partial charge is 0.165 e. The Morgan fingerprint density at radius 3 is 2.13 bits per heavy atom. The van der Waals surface area contributed by atoms with Gasteiger partial charge in [-0.15, -0.1) is 0 Å². The van der Waals surface area contributed by atoms with Crippen LogP contribution >= 0.6 is 0 Å². The van der Waals surface area contributed by atoms with Gasteiger partial charge in [0.15, 0.2) is 5.78 Å². The highest BCUT2D eigenvalue weighted by molar-refractivity contribution is 5.97. The zero-order valence-electron chi connectivity index (χ0n) is 9.32. The lowest BCUT2D eigenvalue weighted by Crippen LogP contribution is -2.07. The zero-order chi connectivity index (χ0) is 11.4. The highest BCUT2D eigenvalue weighted by Gasteiger charge is 2.10. The Kier molecular flexibility index (Phi) is 3.62. The molecule has 1 aromatic rings. The van der Waals surface area contributed by atoms with Crippen LogP contribution in [0.15, 0.2) is 24.3 Å². The van der Waals surface area contributed by atoms with Gasteiger partial charge in [0.25, 0.3) is 0 Å². The van der Waals surface area contributed by atoms with Gasteiger partial charge in [0, 0.05) is 11.5 Å². The Morgan fingerprint density at radius 2 is 1.73 bits per heavy atom. The van der Waals surface area contributed by atoms with Gasteiger partial charge < -0.3 is 0 Å². The van der Waals surface area contributed by atoms with Crippen molar-refractivity contribution in [1.82, 2.24) is 0 Å². The predicted molar refractivity (Wildman–Crippen MR) is 59.6 cm³/mol. The Hall–Kier alpha value is -1.62. The minimum absolute atomic E-state index is 0.0178. The molecule has 1 aromatic carbocycles. The molecule has 78 valence electrons. The van der Waals surface area contributed by atoms with Gasteiger partial charge in [0.2, 0.25) is 0 Å². The van der Waals surface area contributed by atoms with E-state index in [9.17, 15) is 4.79 Å². The van der Waals surface area contributed by atoms with Crippen LogP contribution < -0.4 is 0 Å². The number of carbonyl (C=O) groups is 1.